The van der Waals surface area contributed by atoms with E-state index in [1.54, 1.807) is 0 Å². The number of hydrogen-bond donors (Lipinski definition) is 7. The molecule has 2 heterocycles. The van der Waals surface area contributed by atoms with Crippen LogP contribution in [0.4, 0.5) is 0 Å². The average Bonchev–Trinajstić information content (AvgIpc) is 2.80. The van der Waals surface area contributed by atoms with E-state index in [1.807, 2.05) is 12.1 Å². The van der Waals surface area contributed by atoms with Crippen LogP contribution in [0.1, 0.15) is 35.4 Å². The number of nitrogens with one attached hydrogen (secondary N) is 3. The largest absolute Gasteiger partial charge is 0.390 e. The monoisotopic (exact) mass is 499 g/mol. The van der Waals surface area contributed by atoms with Gasteiger partial charge in [-0.3, -0.25) is 5.41 Å². The number of nitrogens with two attached hydrogens (primary N) is 4. The van der Waals surface area contributed by atoms with E-state index in [2.05, 4.69) is 57.9 Å². The van der Waals surface area contributed by atoms with Gasteiger partial charge in [-0.05, 0) is 67.6 Å². The van der Waals surface area contributed by atoms with Crippen LogP contribution in [0, 0.1) is 11.3 Å². The van der Waals surface area contributed by atoms with Gasteiger partial charge in [0, 0.05) is 24.6 Å². The van der Waals surface area contributed by atoms with E-state index >= 15 is 0 Å². The van der Waals surface area contributed by atoms with Crippen LogP contribution in [0.25, 0.3) is 11.1 Å². The van der Waals surface area contributed by atoms with Crippen molar-refractivity contribution in [2.24, 2.45) is 33.5 Å². The second kappa shape index (κ2) is 12.8. The van der Waals surface area contributed by atoms with Gasteiger partial charge < -0.3 is 21.7 Å². The molecule has 11 N–H and O–H groups in total. The Morgan fingerprint density at radius 2 is 1.86 bits per heavy atom. The van der Waals surface area contributed by atoms with Crippen LogP contribution < -0.4 is 33.3 Å². The molecule has 0 amide bonds. The van der Waals surface area contributed by atoms with Gasteiger partial charge in [0.25, 0.3) is 0 Å². The lowest BCUT2D eigenvalue weighted by Gasteiger charge is -2.29. The van der Waals surface area contributed by atoms with Gasteiger partial charge in [-0.25, -0.2) is 20.7 Å². The fourth-order valence-electron chi connectivity index (χ4n) is 4.67. The number of amidine groups is 1. The zero-order valence-corrected chi connectivity index (χ0v) is 21.0. The fraction of sp³-hybridized carbons (Fsp3) is 0.417. The van der Waals surface area contributed by atoms with Gasteiger partial charge in [0.2, 0.25) is 0 Å². The van der Waals surface area contributed by atoms with Crippen LogP contribution in [0.2, 0.25) is 0 Å². The molecule has 0 saturated carbocycles. The van der Waals surface area contributed by atoms with Crippen molar-refractivity contribution in [3.63, 3.8) is 0 Å². The molecular weight excluding hydrogens is 462 g/mol. The third kappa shape index (κ3) is 6.65. The lowest BCUT2D eigenvalue weighted by atomic mass is 9.87. The molecule has 2 aliphatic rings. The Balaban J connectivity index is 0.00000108. The van der Waals surface area contributed by atoms with Gasteiger partial charge in [0.1, 0.15) is 11.0 Å². The lowest BCUT2D eigenvalue weighted by Crippen LogP contribution is -2.39. The summed E-state index contributed by atoms with van der Waals surface area (Å²) in [5.41, 5.74) is 17.7. The minimum atomic E-state index is -1.72. The van der Waals surface area contributed by atoms with Crippen molar-refractivity contribution < 1.29 is 4.21 Å². The van der Waals surface area contributed by atoms with Crippen LogP contribution in [0.3, 0.4) is 0 Å². The molecular formula is C24H37N9OS. The summed E-state index contributed by atoms with van der Waals surface area (Å²) in [5, 5.41) is 19.2. The molecule has 2 saturated heterocycles. The van der Waals surface area contributed by atoms with Crippen molar-refractivity contribution in [3.8, 4) is 11.1 Å². The van der Waals surface area contributed by atoms with E-state index < -0.39 is 11.0 Å². The van der Waals surface area contributed by atoms with Crippen molar-refractivity contribution >= 4 is 23.2 Å². The second-order valence-electron chi connectivity index (χ2n) is 8.99. The fourth-order valence-corrected chi connectivity index (χ4v) is 5.50. The predicted molar refractivity (Wildman–Crippen MR) is 143 cm³/mol. The van der Waals surface area contributed by atoms with Crippen LogP contribution >= 0.6 is 0 Å². The molecule has 0 spiro atoms. The van der Waals surface area contributed by atoms with Gasteiger partial charge in [0.15, 0.2) is 5.84 Å². The Morgan fingerprint density at radius 3 is 2.37 bits per heavy atom. The first kappa shape index (κ1) is 26.8. The molecule has 10 nitrogen and oxygen atoms in total. The molecule has 0 bridgehead atoms. The Morgan fingerprint density at radius 1 is 1.23 bits per heavy atom. The van der Waals surface area contributed by atoms with Crippen LogP contribution in [0.5, 0.6) is 0 Å². The Hall–Kier alpha value is -2.83. The molecule has 1 atom stereocenters. The summed E-state index contributed by atoms with van der Waals surface area (Å²) in [4.78, 5) is 2.89. The number of hydrazine groups is 1. The summed E-state index contributed by atoms with van der Waals surface area (Å²) in [6.45, 7) is 4.16. The maximum atomic E-state index is 12.8. The van der Waals surface area contributed by atoms with Gasteiger partial charge in [-0.1, -0.05) is 36.4 Å². The molecule has 0 aliphatic carbocycles. The van der Waals surface area contributed by atoms with Crippen molar-refractivity contribution in [1.29, 1.82) is 5.41 Å². The Labute approximate surface area is 209 Å². The highest BCUT2D eigenvalue weighted by Gasteiger charge is 2.25. The molecule has 0 radical (unpaired) electrons. The average molecular weight is 500 g/mol. The molecule has 2 fully saturated rings. The van der Waals surface area contributed by atoms with Gasteiger partial charge in [-0.2, -0.15) is 0 Å². The standard InChI is InChI=1S/C23H33N7OS.CH4N2/c1-30-10-8-15(9-11-30)12-18-6-7-20(21(22(18)32(26)31)23(24)28-29-25)17-4-2-16(3-5-17)19-13-27-14-19;2-1-3/h2-7,15,19,27,29H,8-14,25-26H2,1H3,(H2,24,28);1H,(H3,2,3). The molecule has 1 unspecified atom stereocenters. The first-order chi connectivity index (χ1) is 16.9. The summed E-state index contributed by atoms with van der Waals surface area (Å²) in [6, 6.07) is 12.5. The van der Waals surface area contributed by atoms with E-state index in [4.69, 9.17) is 22.1 Å². The summed E-state index contributed by atoms with van der Waals surface area (Å²) in [6.07, 6.45) is 3.78. The lowest BCUT2D eigenvalue weighted by molar-refractivity contribution is 0.218. The quantitative estimate of drug-likeness (QED) is 0.125. The minimum absolute atomic E-state index is 0.175. The number of piperidine rings is 1. The van der Waals surface area contributed by atoms with E-state index in [0.717, 1.165) is 68.5 Å². The summed E-state index contributed by atoms with van der Waals surface area (Å²) >= 11 is 0. The maximum Gasteiger partial charge on any atom is 0.154 e. The number of benzene rings is 2. The number of rotatable bonds is 7. The van der Waals surface area contributed by atoms with Crippen molar-refractivity contribution in [3.05, 3.63) is 53.1 Å². The number of likely N-dealkylation sites (tertiary alicyclic amines) is 1. The highest BCUT2D eigenvalue weighted by atomic mass is 32.2. The highest BCUT2D eigenvalue weighted by Crippen LogP contribution is 2.33. The maximum absolute atomic E-state index is 12.8. The van der Waals surface area contributed by atoms with Crippen LogP contribution in [-0.2, 0) is 17.4 Å². The summed E-state index contributed by atoms with van der Waals surface area (Å²) in [7, 11) is 0.422. The smallest absolute Gasteiger partial charge is 0.154 e. The first-order valence-electron chi connectivity index (χ1n) is 11.7. The molecule has 2 aliphatic heterocycles. The molecule has 190 valence electrons. The summed E-state index contributed by atoms with van der Waals surface area (Å²) < 4.78 is 12.8. The molecule has 0 aromatic heterocycles. The molecule has 2 aromatic carbocycles. The van der Waals surface area contributed by atoms with Gasteiger partial charge in [0.05, 0.1) is 11.2 Å². The summed E-state index contributed by atoms with van der Waals surface area (Å²) in [5.74, 6) is 6.67. The third-order valence-corrected chi connectivity index (χ3v) is 7.57. The Kier molecular flexibility index (Phi) is 9.75. The normalized spacial score (nSPS) is 18.2. The predicted octanol–water partition coefficient (Wildman–Crippen LogP) is 0.542. The minimum Gasteiger partial charge on any atom is -0.390 e. The highest BCUT2D eigenvalue weighted by molar-refractivity contribution is 7.82. The zero-order chi connectivity index (χ0) is 25.4. The van der Waals surface area contributed by atoms with Crippen molar-refractivity contribution in [1.82, 2.24) is 15.8 Å². The topological polar surface area (TPSA) is 185 Å². The molecule has 4 rings (SSSR count). The SMILES string of the molecule is CN1CCC(Cc2ccc(-c3ccc(C4CNC4)cc3)c(/C(N)=N/NN)c2S(N)=O)CC1.N=CN. The van der Waals surface area contributed by atoms with E-state index in [1.165, 1.54) is 5.56 Å². The zero-order valence-electron chi connectivity index (χ0n) is 20.2. The van der Waals surface area contributed by atoms with Gasteiger partial charge in [-0.15, -0.1) is 5.10 Å². The van der Waals surface area contributed by atoms with E-state index in [-0.39, 0.29) is 5.84 Å². The third-order valence-electron chi connectivity index (χ3n) is 6.70. The van der Waals surface area contributed by atoms with Crippen molar-refractivity contribution in [2.45, 2.75) is 30.1 Å². The molecule has 2 aromatic rings. The second-order valence-corrected chi connectivity index (χ2v) is 10.00. The number of hydrogen-bond acceptors (Lipinski definition) is 7. The van der Waals surface area contributed by atoms with Crippen LogP contribution in [-0.4, -0.2) is 54.5 Å². The number of nitrogens with zero attached hydrogens (tertiary/aromatic N) is 2. The molecule has 11 heteroatoms. The van der Waals surface area contributed by atoms with Gasteiger partial charge >= 0.3 is 0 Å². The number of hydrazone groups is 1. The first-order valence-corrected chi connectivity index (χ1v) is 12.9. The van der Waals surface area contributed by atoms with E-state index in [0.29, 0.717) is 22.3 Å². The van der Waals surface area contributed by atoms with Crippen molar-refractivity contribution in [2.75, 3.05) is 33.2 Å². The van der Waals surface area contributed by atoms with E-state index in [9.17, 15) is 4.21 Å². The molecule has 35 heavy (non-hydrogen) atoms. The van der Waals surface area contributed by atoms with Crippen LogP contribution in [0.15, 0.2) is 46.4 Å². The Bertz CT molecular complexity index is 1050.